The molecule has 0 bridgehead atoms. The number of rotatable bonds is 0. The highest BCUT2D eigenvalue weighted by molar-refractivity contribution is 5.40. The molecule has 0 N–H and O–H groups in total. The van der Waals surface area contributed by atoms with Gasteiger partial charge in [0.25, 0.3) is 0 Å². The van der Waals surface area contributed by atoms with Crippen molar-refractivity contribution in [1.82, 2.24) is 4.98 Å². The smallest absolute Gasteiger partial charge is 0.0995 e. The Bertz CT molecular complexity index is 353. The van der Waals surface area contributed by atoms with Crippen molar-refractivity contribution in [2.75, 3.05) is 0 Å². The Morgan fingerprint density at radius 2 is 2.00 bits per heavy atom. The first-order valence-electron chi connectivity index (χ1n) is 4.32. The predicted octanol–water partition coefficient (Wildman–Crippen LogP) is 2.56. The van der Waals surface area contributed by atoms with Crippen molar-refractivity contribution >= 4 is 0 Å². The molecule has 2 nitrogen and oxygen atoms in total. The summed E-state index contributed by atoms with van der Waals surface area (Å²) in [7, 11) is 0. The third kappa shape index (κ3) is 2.06. The Hall–Kier alpha value is -1.36. The fourth-order valence-electron chi connectivity index (χ4n) is 1.25. The van der Waals surface area contributed by atoms with E-state index in [-0.39, 0.29) is 5.41 Å². The number of nitrogens with zero attached hydrogens (tertiary/aromatic N) is 2. The average molecular weight is 174 g/mol. The molecule has 68 valence electrons. The van der Waals surface area contributed by atoms with Gasteiger partial charge in [-0.15, -0.1) is 0 Å². The summed E-state index contributed by atoms with van der Waals surface area (Å²) in [5.74, 6) is 0. The lowest BCUT2D eigenvalue weighted by Crippen LogP contribution is -2.14. The Labute approximate surface area is 79.2 Å². The van der Waals surface area contributed by atoms with Crippen LogP contribution in [0, 0.1) is 18.3 Å². The molecule has 0 spiro atoms. The number of aryl methyl sites for hydroxylation is 1. The highest BCUT2D eigenvalue weighted by Crippen LogP contribution is 2.24. The van der Waals surface area contributed by atoms with Crippen LogP contribution in [-0.4, -0.2) is 4.98 Å². The molecule has 0 saturated heterocycles. The van der Waals surface area contributed by atoms with Crippen LogP contribution in [0.3, 0.4) is 0 Å². The Kier molecular flexibility index (Phi) is 2.38. The number of hydrogen-bond acceptors (Lipinski definition) is 2. The maximum Gasteiger partial charge on any atom is 0.0995 e. The molecule has 0 aliphatic rings. The first-order chi connectivity index (χ1) is 5.95. The molecule has 0 atom stereocenters. The largest absolute Gasteiger partial charge is 0.261 e. The van der Waals surface area contributed by atoms with Gasteiger partial charge in [0.05, 0.1) is 11.6 Å². The minimum Gasteiger partial charge on any atom is -0.261 e. The quantitative estimate of drug-likeness (QED) is 0.606. The number of aromatic nitrogens is 1. The number of pyridine rings is 1. The van der Waals surface area contributed by atoms with Crippen LogP contribution < -0.4 is 0 Å². The van der Waals surface area contributed by atoms with Crippen molar-refractivity contribution in [1.29, 1.82) is 5.26 Å². The van der Waals surface area contributed by atoms with Crippen LogP contribution in [0.25, 0.3) is 0 Å². The lowest BCUT2D eigenvalue weighted by atomic mass is 9.85. The van der Waals surface area contributed by atoms with Crippen LogP contribution in [0.4, 0.5) is 0 Å². The lowest BCUT2D eigenvalue weighted by Gasteiger charge is -2.19. The summed E-state index contributed by atoms with van der Waals surface area (Å²) in [4.78, 5) is 4.20. The first-order valence-corrected chi connectivity index (χ1v) is 4.32. The van der Waals surface area contributed by atoms with Gasteiger partial charge in [-0.05, 0) is 24.0 Å². The van der Waals surface area contributed by atoms with Gasteiger partial charge < -0.3 is 0 Å². The van der Waals surface area contributed by atoms with Crippen molar-refractivity contribution in [2.24, 2.45) is 0 Å². The molecule has 0 aliphatic carbocycles. The van der Waals surface area contributed by atoms with Crippen LogP contribution in [-0.2, 0) is 5.41 Å². The summed E-state index contributed by atoms with van der Waals surface area (Å²) in [6, 6.07) is 4.04. The van der Waals surface area contributed by atoms with Crippen molar-refractivity contribution in [2.45, 2.75) is 33.1 Å². The average Bonchev–Trinajstić information content (AvgIpc) is 2.01. The minimum atomic E-state index is -0.00817. The Balaban J connectivity index is 3.32. The van der Waals surface area contributed by atoms with Crippen LogP contribution >= 0.6 is 0 Å². The monoisotopic (exact) mass is 174 g/mol. The molecule has 1 rings (SSSR count). The minimum absolute atomic E-state index is 0.00817. The van der Waals surface area contributed by atoms with E-state index in [1.807, 2.05) is 13.0 Å². The van der Waals surface area contributed by atoms with E-state index in [0.29, 0.717) is 0 Å². The topological polar surface area (TPSA) is 36.7 Å². The molecule has 0 aliphatic heterocycles. The lowest BCUT2D eigenvalue weighted by molar-refractivity contribution is 0.585. The summed E-state index contributed by atoms with van der Waals surface area (Å²) in [5, 5.41) is 8.93. The first kappa shape index (κ1) is 9.73. The second-order valence-corrected chi connectivity index (χ2v) is 4.23. The molecule has 1 aromatic rings. The number of nitriles is 1. The number of hydrogen-bond donors (Lipinski definition) is 0. The van der Waals surface area contributed by atoms with E-state index in [1.54, 1.807) is 6.20 Å². The van der Waals surface area contributed by atoms with Gasteiger partial charge in [0.15, 0.2) is 0 Å². The van der Waals surface area contributed by atoms with Crippen LogP contribution in [0.15, 0.2) is 12.3 Å². The van der Waals surface area contributed by atoms with Gasteiger partial charge >= 0.3 is 0 Å². The Morgan fingerprint density at radius 3 is 2.46 bits per heavy atom. The molecule has 0 aromatic carbocycles. The second-order valence-electron chi connectivity index (χ2n) is 4.23. The fourth-order valence-corrected chi connectivity index (χ4v) is 1.25. The zero-order valence-corrected chi connectivity index (χ0v) is 8.55. The van der Waals surface area contributed by atoms with Gasteiger partial charge in [-0.3, -0.25) is 4.98 Å². The van der Waals surface area contributed by atoms with E-state index in [2.05, 4.69) is 31.8 Å². The maximum atomic E-state index is 8.93. The van der Waals surface area contributed by atoms with E-state index < -0.39 is 0 Å². The van der Waals surface area contributed by atoms with Crippen molar-refractivity contribution in [3.8, 4) is 6.07 Å². The van der Waals surface area contributed by atoms with Crippen LogP contribution in [0.2, 0.25) is 0 Å². The van der Waals surface area contributed by atoms with Gasteiger partial charge in [-0.1, -0.05) is 20.8 Å². The van der Waals surface area contributed by atoms with Gasteiger partial charge in [-0.25, -0.2) is 0 Å². The summed E-state index contributed by atoms with van der Waals surface area (Å²) >= 11 is 0. The fraction of sp³-hybridized carbons (Fsp3) is 0.455. The van der Waals surface area contributed by atoms with Crippen LogP contribution in [0.1, 0.15) is 37.6 Å². The molecule has 0 saturated carbocycles. The van der Waals surface area contributed by atoms with Gasteiger partial charge in [0.1, 0.15) is 0 Å². The SMILES string of the molecule is Cc1cc(C#N)c(C(C)(C)C)cn1. The molecule has 1 aromatic heterocycles. The van der Waals surface area contributed by atoms with E-state index in [9.17, 15) is 0 Å². The zero-order chi connectivity index (χ0) is 10.1. The van der Waals surface area contributed by atoms with Gasteiger partial charge in [0, 0.05) is 11.9 Å². The van der Waals surface area contributed by atoms with Gasteiger partial charge in [0.2, 0.25) is 0 Å². The van der Waals surface area contributed by atoms with Crippen molar-refractivity contribution < 1.29 is 0 Å². The molecule has 1 heterocycles. The molecular weight excluding hydrogens is 160 g/mol. The normalized spacial score (nSPS) is 11.0. The van der Waals surface area contributed by atoms with Crippen molar-refractivity contribution in [3.63, 3.8) is 0 Å². The van der Waals surface area contributed by atoms with Crippen molar-refractivity contribution in [3.05, 3.63) is 29.1 Å². The van der Waals surface area contributed by atoms with Crippen LogP contribution in [0.5, 0.6) is 0 Å². The van der Waals surface area contributed by atoms with E-state index in [0.717, 1.165) is 16.8 Å². The third-order valence-corrected chi connectivity index (χ3v) is 1.97. The highest BCUT2D eigenvalue weighted by Gasteiger charge is 2.18. The predicted molar refractivity (Wildman–Crippen MR) is 52.4 cm³/mol. The van der Waals surface area contributed by atoms with E-state index in [1.165, 1.54) is 0 Å². The molecule has 2 heteroatoms. The third-order valence-electron chi connectivity index (χ3n) is 1.97. The van der Waals surface area contributed by atoms with E-state index >= 15 is 0 Å². The molecular formula is C11H14N2. The summed E-state index contributed by atoms with van der Waals surface area (Å²) in [6.45, 7) is 8.15. The highest BCUT2D eigenvalue weighted by atomic mass is 14.7. The summed E-state index contributed by atoms with van der Waals surface area (Å²) in [5.41, 5.74) is 2.64. The molecule has 0 amide bonds. The van der Waals surface area contributed by atoms with E-state index in [4.69, 9.17) is 5.26 Å². The maximum absolute atomic E-state index is 8.93. The Morgan fingerprint density at radius 1 is 1.38 bits per heavy atom. The molecule has 13 heavy (non-hydrogen) atoms. The standard InChI is InChI=1S/C11H14N2/c1-8-5-9(6-12)10(7-13-8)11(2,3)4/h5,7H,1-4H3. The molecule has 0 radical (unpaired) electrons. The second kappa shape index (κ2) is 3.18. The zero-order valence-electron chi connectivity index (χ0n) is 8.55. The summed E-state index contributed by atoms with van der Waals surface area (Å²) in [6.07, 6.45) is 1.80. The van der Waals surface area contributed by atoms with Gasteiger partial charge in [-0.2, -0.15) is 5.26 Å². The summed E-state index contributed by atoms with van der Waals surface area (Å²) < 4.78 is 0. The molecule has 0 unspecified atom stereocenters. The molecule has 0 fully saturated rings.